The van der Waals surface area contributed by atoms with Crippen LogP contribution in [0, 0.1) is 5.92 Å². The van der Waals surface area contributed by atoms with Gasteiger partial charge in [0.25, 0.3) is 5.91 Å². The van der Waals surface area contributed by atoms with Gasteiger partial charge in [0.1, 0.15) is 5.92 Å². The summed E-state index contributed by atoms with van der Waals surface area (Å²) in [6, 6.07) is 6.90. The third-order valence-electron chi connectivity index (χ3n) is 4.98. The summed E-state index contributed by atoms with van der Waals surface area (Å²) in [4.78, 5) is 46.2. The third-order valence-corrected chi connectivity index (χ3v) is 7.07. The molecule has 1 atom stereocenters. The topological polar surface area (TPSA) is 97.2 Å². The van der Waals surface area contributed by atoms with Crippen LogP contribution < -0.4 is 5.32 Å². The van der Waals surface area contributed by atoms with Crippen LogP contribution in [0.15, 0.2) is 44.7 Å². The molecule has 2 heterocycles. The van der Waals surface area contributed by atoms with Crippen molar-refractivity contribution in [2.75, 3.05) is 12.4 Å². The van der Waals surface area contributed by atoms with Crippen LogP contribution in [0.4, 0.5) is 0 Å². The summed E-state index contributed by atoms with van der Waals surface area (Å²) in [6.07, 6.45) is 3.08. The molecule has 0 radical (unpaired) electrons. The SMILES string of the molecule is CCOC(=O)c1ccc(CNC(=O)CSC2=NC(=O)C3C(=N2)SC2=C3CCC2)cc1. The third kappa shape index (κ3) is 4.52. The summed E-state index contributed by atoms with van der Waals surface area (Å²) < 4.78 is 4.95. The Kier molecular flexibility index (Phi) is 6.38. The van der Waals surface area contributed by atoms with Crippen LogP contribution in [0.5, 0.6) is 0 Å². The number of fused-ring (bicyclic) bond motifs is 2. The molecule has 0 saturated carbocycles. The van der Waals surface area contributed by atoms with Crippen LogP contribution in [0.3, 0.4) is 0 Å². The number of carbonyl (C=O) groups excluding carboxylic acids is 3. The summed E-state index contributed by atoms with van der Waals surface area (Å²) >= 11 is 2.77. The molecular weight excluding hydrogens is 422 g/mol. The van der Waals surface area contributed by atoms with Crippen LogP contribution >= 0.6 is 23.5 Å². The second-order valence-corrected chi connectivity index (χ2v) is 9.06. The van der Waals surface area contributed by atoms with Crippen molar-refractivity contribution in [3.8, 4) is 0 Å². The highest BCUT2D eigenvalue weighted by Crippen LogP contribution is 2.49. The van der Waals surface area contributed by atoms with Gasteiger partial charge in [-0.25, -0.2) is 9.79 Å². The van der Waals surface area contributed by atoms with Crippen molar-refractivity contribution in [1.82, 2.24) is 5.32 Å². The van der Waals surface area contributed by atoms with Gasteiger partial charge in [-0.1, -0.05) is 35.7 Å². The highest BCUT2D eigenvalue weighted by molar-refractivity contribution is 8.18. The van der Waals surface area contributed by atoms with Gasteiger partial charge in [-0.05, 0) is 54.4 Å². The number of esters is 1. The minimum absolute atomic E-state index is 0.131. The zero-order chi connectivity index (χ0) is 21.1. The highest BCUT2D eigenvalue weighted by Gasteiger charge is 2.41. The average Bonchev–Trinajstić information content (AvgIpc) is 3.32. The molecule has 0 bridgehead atoms. The minimum Gasteiger partial charge on any atom is -0.462 e. The van der Waals surface area contributed by atoms with E-state index in [1.54, 1.807) is 43.0 Å². The molecule has 1 aromatic rings. The van der Waals surface area contributed by atoms with Crippen LogP contribution in [0.1, 0.15) is 42.1 Å². The Bertz CT molecular complexity index is 982. The lowest BCUT2D eigenvalue weighted by Crippen LogP contribution is -2.27. The zero-order valence-corrected chi connectivity index (χ0v) is 18.1. The summed E-state index contributed by atoms with van der Waals surface area (Å²) in [7, 11) is 0. The Morgan fingerprint density at radius 2 is 2.03 bits per heavy atom. The first-order valence-corrected chi connectivity index (χ1v) is 11.6. The van der Waals surface area contributed by atoms with Crippen molar-refractivity contribution in [3.05, 3.63) is 45.9 Å². The monoisotopic (exact) mass is 443 g/mol. The van der Waals surface area contributed by atoms with Gasteiger partial charge in [-0.15, -0.1) is 0 Å². The quantitative estimate of drug-likeness (QED) is 0.678. The van der Waals surface area contributed by atoms with E-state index in [4.69, 9.17) is 4.74 Å². The van der Waals surface area contributed by atoms with E-state index in [1.807, 2.05) is 0 Å². The number of aliphatic imine (C=N–C) groups is 2. The molecule has 0 fully saturated rings. The second kappa shape index (κ2) is 9.18. The molecule has 7 nitrogen and oxygen atoms in total. The number of nitrogens with zero attached hydrogens (tertiary/aromatic N) is 2. The van der Waals surface area contributed by atoms with Crippen molar-refractivity contribution >= 4 is 51.5 Å². The Morgan fingerprint density at radius 3 is 2.80 bits per heavy atom. The normalized spacial score (nSPS) is 19.8. The van der Waals surface area contributed by atoms with Crippen LogP contribution in [0.2, 0.25) is 0 Å². The van der Waals surface area contributed by atoms with Gasteiger partial charge >= 0.3 is 5.97 Å². The molecule has 1 unspecified atom stereocenters. The van der Waals surface area contributed by atoms with Crippen molar-refractivity contribution < 1.29 is 19.1 Å². The molecule has 0 saturated heterocycles. The molecule has 1 aliphatic carbocycles. The number of benzene rings is 1. The number of thioether (sulfide) groups is 2. The minimum atomic E-state index is -0.364. The maximum absolute atomic E-state index is 12.4. The number of hydrogen-bond donors (Lipinski definition) is 1. The maximum Gasteiger partial charge on any atom is 0.338 e. The molecule has 1 N–H and O–H groups in total. The average molecular weight is 444 g/mol. The Labute approximate surface area is 182 Å². The number of ether oxygens (including phenoxy) is 1. The van der Waals surface area contributed by atoms with Gasteiger partial charge in [0.2, 0.25) is 5.91 Å². The predicted octanol–water partition coefficient (Wildman–Crippen LogP) is 3.31. The van der Waals surface area contributed by atoms with Gasteiger partial charge in [-0.2, -0.15) is 4.99 Å². The van der Waals surface area contributed by atoms with Crippen LogP contribution in [0.25, 0.3) is 0 Å². The molecule has 9 heteroatoms. The van der Waals surface area contributed by atoms with Crippen molar-refractivity contribution in [2.24, 2.45) is 15.9 Å². The first-order valence-electron chi connectivity index (χ1n) is 9.81. The number of hydrogen-bond acceptors (Lipinski definition) is 7. The highest BCUT2D eigenvalue weighted by atomic mass is 32.2. The van der Waals surface area contributed by atoms with Crippen molar-refractivity contribution in [2.45, 2.75) is 32.7 Å². The number of nitrogens with one attached hydrogen (secondary N) is 1. The first kappa shape index (κ1) is 20.9. The molecule has 30 heavy (non-hydrogen) atoms. The first-order chi connectivity index (χ1) is 14.5. The van der Waals surface area contributed by atoms with E-state index in [0.29, 0.717) is 23.9 Å². The smallest absolute Gasteiger partial charge is 0.338 e. The lowest BCUT2D eigenvalue weighted by molar-refractivity contribution is -0.119. The number of carbonyl (C=O) groups is 3. The molecular formula is C21H21N3O4S2. The van der Waals surface area contributed by atoms with Crippen LogP contribution in [-0.4, -0.2) is 40.4 Å². The van der Waals surface area contributed by atoms with Crippen molar-refractivity contribution in [3.63, 3.8) is 0 Å². The van der Waals surface area contributed by atoms with Gasteiger partial charge in [0.15, 0.2) is 5.17 Å². The van der Waals surface area contributed by atoms with E-state index in [1.165, 1.54) is 22.2 Å². The molecule has 2 amide bonds. The molecule has 4 rings (SSSR count). The number of amidine groups is 1. The second-order valence-electron chi connectivity index (χ2n) is 7.00. The number of allylic oxidation sites excluding steroid dienone is 1. The molecule has 156 valence electrons. The van der Waals surface area contributed by atoms with Crippen molar-refractivity contribution in [1.29, 1.82) is 0 Å². The lowest BCUT2D eigenvalue weighted by Gasteiger charge is -2.15. The molecule has 3 aliphatic rings. The van der Waals surface area contributed by atoms with E-state index < -0.39 is 0 Å². The molecule has 1 aromatic carbocycles. The summed E-state index contributed by atoms with van der Waals surface area (Å²) in [5, 5.41) is 3.99. The Morgan fingerprint density at radius 1 is 1.23 bits per heavy atom. The van der Waals surface area contributed by atoms with E-state index >= 15 is 0 Å². The number of amides is 2. The van der Waals surface area contributed by atoms with E-state index in [9.17, 15) is 14.4 Å². The predicted molar refractivity (Wildman–Crippen MR) is 119 cm³/mol. The zero-order valence-electron chi connectivity index (χ0n) is 16.5. The maximum atomic E-state index is 12.4. The van der Waals surface area contributed by atoms with E-state index in [-0.39, 0.29) is 29.5 Å². The van der Waals surface area contributed by atoms with Gasteiger partial charge in [-0.3, -0.25) is 9.59 Å². The Hall–Kier alpha value is -2.39. The molecule has 0 spiro atoms. The van der Waals surface area contributed by atoms with E-state index in [0.717, 1.165) is 29.9 Å². The van der Waals surface area contributed by atoms with Crippen LogP contribution in [-0.2, 0) is 20.9 Å². The standard InChI is InChI=1S/C21H21N3O4S2/c1-2-28-20(27)13-8-6-12(7-9-13)10-22-16(25)11-29-21-23-18(26)17-14-4-3-5-15(14)30-19(17)24-21/h6-9,17H,2-5,10-11H2,1H3,(H,22,25). The largest absolute Gasteiger partial charge is 0.462 e. The van der Waals surface area contributed by atoms with Gasteiger partial charge < -0.3 is 10.1 Å². The fourth-order valence-corrected chi connectivity index (χ4v) is 5.62. The summed E-state index contributed by atoms with van der Waals surface area (Å²) in [5.41, 5.74) is 2.55. The Balaban J connectivity index is 1.25. The summed E-state index contributed by atoms with van der Waals surface area (Å²) in [5.74, 6) is -0.845. The van der Waals surface area contributed by atoms with Gasteiger partial charge in [0, 0.05) is 6.54 Å². The van der Waals surface area contributed by atoms with Gasteiger partial charge in [0.05, 0.1) is 23.0 Å². The molecule has 2 aliphatic heterocycles. The lowest BCUT2D eigenvalue weighted by atomic mass is 9.98. The fourth-order valence-electron chi connectivity index (χ4n) is 3.54. The number of rotatable bonds is 6. The molecule has 0 aromatic heterocycles. The van der Waals surface area contributed by atoms with E-state index in [2.05, 4.69) is 15.3 Å². The fraction of sp³-hybridized carbons (Fsp3) is 0.381. The summed E-state index contributed by atoms with van der Waals surface area (Å²) in [6.45, 7) is 2.43.